The van der Waals surface area contributed by atoms with Gasteiger partial charge in [0.15, 0.2) is 5.69 Å². The Morgan fingerprint density at radius 2 is 1.69 bits per heavy atom. The quantitative estimate of drug-likeness (QED) is 0.378. The molecule has 0 spiro atoms. The lowest BCUT2D eigenvalue weighted by molar-refractivity contribution is -0.123. The highest BCUT2D eigenvalue weighted by Crippen LogP contribution is 2.38. The fraction of sp³-hybridized carbons (Fsp3) is 0.320. The lowest BCUT2D eigenvalue weighted by Gasteiger charge is -2.32. The minimum Gasteiger partial charge on any atom is -0.508 e. The number of ether oxygens (including phenoxy) is 2. The molecule has 1 unspecified atom stereocenters. The van der Waals surface area contributed by atoms with E-state index in [-0.39, 0.29) is 32.8 Å². The highest BCUT2D eigenvalue weighted by Gasteiger charge is 2.37. The summed E-state index contributed by atoms with van der Waals surface area (Å²) in [5.41, 5.74) is 0.734. The summed E-state index contributed by atoms with van der Waals surface area (Å²) in [6.07, 6.45) is 3.78. The molecule has 1 heterocycles. The maximum atomic E-state index is 14.0. The van der Waals surface area contributed by atoms with Crippen LogP contribution in [0.15, 0.2) is 42.5 Å². The van der Waals surface area contributed by atoms with Gasteiger partial charge in [-0.25, -0.2) is 0 Å². The number of methoxy groups -OCH3 is 2. The Bertz CT molecular complexity index is 1220. The van der Waals surface area contributed by atoms with Crippen molar-refractivity contribution in [1.29, 1.82) is 0 Å². The van der Waals surface area contributed by atoms with E-state index in [0.29, 0.717) is 22.7 Å². The summed E-state index contributed by atoms with van der Waals surface area (Å²) in [6, 6.07) is 9.92. The van der Waals surface area contributed by atoms with E-state index in [1.54, 1.807) is 30.3 Å². The summed E-state index contributed by atoms with van der Waals surface area (Å²) in [5, 5.41) is 13.0. The molecule has 1 aliphatic carbocycles. The molecule has 2 N–H and O–H groups in total. The first kappa shape index (κ1) is 26.1. The summed E-state index contributed by atoms with van der Waals surface area (Å²) in [7, 11) is 2.98. The molecular formula is C25H25Cl2N3O5S. The Morgan fingerprint density at radius 3 is 2.22 bits per heavy atom. The third kappa shape index (κ3) is 5.53. The van der Waals surface area contributed by atoms with Gasteiger partial charge >= 0.3 is 0 Å². The van der Waals surface area contributed by atoms with Crippen molar-refractivity contribution in [1.82, 2.24) is 9.69 Å². The first-order chi connectivity index (χ1) is 17.3. The van der Waals surface area contributed by atoms with Crippen LogP contribution in [0.25, 0.3) is 0 Å². The zero-order valence-corrected chi connectivity index (χ0v) is 22.0. The number of carbonyl (C=O) groups is 2. The molecule has 11 heteroatoms. The molecule has 1 aromatic heterocycles. The van der Waals surface area contributed by atoms with Crippen LogP contribution in [0.2, 0.25) is 9.36 Å². The highest BCUT2D eigenvalue weighted by molar-refractivity contribution is 7.11. The molecule has 3 aromatic rings. The molecule has 36 heavy (non-hydrogen) atoms. The molecule has 0 aliphatic heterocycles. The number of aromatic hydroxyl groups is 1. The van der Waals surface area contributed by atoms with Crippen molar-refractivity contribution in [2.45, 2.75) is 37.8 Å². The maximum absolute atomic E-state index is 14.0. The van der Waals surface area contributed by atoms with Gasteiger partial charge < -0.3 is 19.9 Å². The smallest absolute Gasteiger partial charge is 0.280 e. The number of amides is 2. The van der Waals surface area contributed by atoms with E-state index in [1.165, 1.54) is 31.3 Å². The second-order valence-electron chi connectivity index (χ2n) is 8.35. The van der Waals surface area contributed by atoms with E-state index in [0.717, 1.165) is 37.2 Å². The number of anilines is 1. The third-order valence-electron chi connectivity index (χ3n) is 6.05. The Hall–Kier alpha value is -3.01. The van der Waals surface area contributed by atoms with E-state index in [1.807, 2.05) is 0 Å². The number of rotatable bonds is 8. The molecule has 2 aromatic carbocycles. The van der Waals surface area contributed by atoms with Gasteiger partial charge in [-0.3, -0.25) is 14.5 Å². The van der Waals surface area contributed by atoms with Crippen LogP contribution in [0.1, 0.15) is 47.8 Å². The fourth-order valence-electron chi connectivity index (χ4n) is 4.25. The number of aromatic nitrogens is 1. The highest BCUT2D eigenvalue weighted by atomic mass is 35.5. The molecule has 1 saturated carbocycles. The van der Waals surface area contributed by atoms with Gasteiger partial charge in [0.2, 0.25) is 5.91 Å². The van der Waals surface area contributed by atoms with Crippen LogP contribution in [0.5, 0.6) is 17.2 Å². The van der Waals surface area contributed by atoms with Crippen LogP contribution in [0.3, 0.4) is 0 Å². The van der Waals surface area contributed by atoms with Crippen LogP contribution in [-0.4, -0.2) is 41.6 Å². The van der Waals surface area contributed by atoms with Crippen molar-refractivity contribution in [3.8, 4) is 17.2 Å². The summed E-state index contributed by atoms with van der Waals surface area (Å²) < 4.78 is 15.2. The minimum atomic E-state index is -1.12. The molecule has 0 saturated heterocycles. The van der Waals surface area contributed by atoms with Gasteiger partial charge in [-0.15, -0.1) is 0 Å². The standard InChI is InChI=1S/C25H25Cl2N3O5S/c1-34-18-11-16(12-19(13-18)35-2)30(25(33)21-20(26)23(27)36-29-21)22(14-7-9-17(31)10-8-14)24(32)28-15-5-3-4-6-15/h7-13,15,22,31H,3-6H2,1-2H3,(H,28,32). The van der Waals surface area contributed by atoms with Crippen LogP contribution in [-0.2, 0) is 4.79 Å². The number of halogens is 2. The van der Waals surface area contributed by atoms with Crippen molar-refractivity contribution in [3.05, 3.63) is 63.1 Å². The summed E-state index contributed by atoms with van der Waals surface area (Å²) in [4.78, 5) is 29.1. The molecule has 190 valence electrons. The zero-order valence-electron chi connectivity index (χ0n) is 19.7. The van der Waals surface area contributed by atoms with Gasteiger partial charge in [-0.1, -0.05) is 48.2 Å². The average Bonchev–Trinajstić information content (AvgIpc) is 3.51. The molecule has 8 nitrogen and oxygen atoms in total. The van der Waals surface area contributed by atoms with E-state index in [2.05, 4.69) is 9.69 Å². The number of phenolic OH excluding ortho intramolecular Hbond substituents is 1. The van der Waals surface area contributed by atoms with Crippen LogP contribution in [0.4, 0.5) is 5.69 Å². The SMILES string of the molecule is COc1cc(OC)cc(N(C(=O)c2nsc(Cl)c2Cl)C(C(=O)NC2CCCC2)c2ccc(O)cc2)c1. The average molecular weight is 550 g/mol. The van der Waals surface area contributed by atoms with Crippen molar-refractivity contribution in [2.24, 2.45) is 0 Å². The zero-order chi connectivity index (χ0) is 25.8. The Morgan fingerprint density at radius 1 is 1.08 bits per heavy atom. The van der Waals surface area contributed by atoms with Gasteiger partial charge in [-0.05, 0) is 42.1 Å². The molecule has 1 aliphatic rings. The number of carbonyl (C=O) groups excluding carboxylic acids is 2. The lowest BCUT2D eigenvalue weighted by atomic mass is 10.0. The van der Waals surface area contributed by atoms with Crippen LogP contribution < -0.4 is 19.7 Å². The first-order valence-electron chi connectivity index (χ1n) is 11.3. The number of hydrogen-bond acceptors (Lipinski definition) is 7. The van der Waals surface area contributed by atoms with Gasteiger partial charge in [0.05, 0.1) is 19.9 Å². The summed E-state index contributed by atoms with van der Waals surface area (Å²) in [6.45, 7) is 0. The first-order valence-corrected chi connectivity index (χ1v) is 12.8. The monoisotopic (exact) mass is 549 g/mol. The molecular weight excluding hydrogens is 525 g/mol. The maximum Gasteiger partial charge on any atom is 0.280 e. The van der Waals surface area contributed by atoms with E-state index in [9.17, 15) is 14.7 Å². The topological polar surface area (TPSA) is 101 Å². The fourth-order valence-corrected chi connectivity index (χ4v) is 5.23. The lowest BCUT2D eigenvalue weighted by Crippen LogP contribution is -2.46. The normalized spacial score (nSPS) is 14.3. The van der Waals surface area contributed by atoms with Crippen molar-refractivity contribution >= 4 is 52.2 Å². The van der Waals surface area contributed by atoms with Gasteiger partial charge in [-0.2, -0.15) is 4.37 Å². The second kappa shape index (κ2) is 11.4. The molecule has 0 bridgehead atoms. The predicted molar refractivity (Wildman–Crippen MR) is 140 cm³/mol. The van der Waals surface area contributed by atoms with Crippen molar-refractivity contribution < 1.29 is 24.2 Å². The Balaban J connectivity index is 1.89. The summed E-state index contributed by atoms with van der Waals surface area (Å²) >= 11 is 13.3. The number of hydrogen-bond donors (Lipinski definition) is 2. The van der Waals surface area contributed by atoms with Crippen molar-refractivity contribution in [3.63, 3.8) is 0 Å². The Labute approximate surface area is 222 Å². The molecule has 1 atom stereocenters. The number of phenols is 1. The second-order valence-corrected chi connectivity index (χ2v) is 10.1. The molecule has 0 radical (unpaired) electrons. The third-order valence-corrected chi connectivity index (χ3v) is 7.66. The number of benzene rings is 2. The predicted octanol–water partition coefficient (Wildman–Crippen LogP) is 5.62. The van der Waals surface area contributed by atoms with E-state index in [4.69, 9.17) is 32.7 Å². The number of nitrogens with zero attached hydrogens (tertiary/aromatic N) is 2. The molecule has 2 amide bonds. The van der Waals surface area contributed by atoms with Crippen LogP contribution >= 0.6 is 34.7 Å². The van der Waals surface area contributed by atoms with E-state index < -0.39 is 11.9 Å². The molecule has 4 rings (SSSR count). The largest absolute Gasteiger partial charge is 0.508 e. The van der Waals surface area contributed by atoms with E-state index >= 15 is 0 Å². The van der Waals surface area contributed by atoms with Gasteiger partial charge in [0, 0.05) is 24.2 Å². The van der Waals surface area contributed by atoms with Gasteiger partial charge in [0.25, 0.3) is 5.91 Å². The summed E-state index contributed by atoms with van der Waals surface area (Å²) in [5.74, 6) is -0.127. The minimum absolute atomic E-state index is 0.00576. The van der Waals surface area contributed by atoms with Gasteiger partial charge in [0.1, 0.15) is 32.6 Å². The molecule has 1 fully saturated rings. The number of nitrogens with one attached hydrogen (secondary N) is 1. The van der Waals surface area contributed by atoms with Crippen molar-refractivity contribution in [2.75, 3.05) is 19.1 Å². The Kier molecular flexibility index (Phi) is 8.23. The van der Waals surface area contributed by atoms with Crippen LogP contribution in [0, 0.1) is 0 Å².